The molecule has 3 aliphatic rings. The first-order chi connectivity index (χ1) is 12.4. The van der Waals surface area contributed by atoms with Crippen LogP contribution in [0.5, 0.6) is 0 Å². The molecule has 0 saturated heterocycles. The SMILES string of the molecule is CS(=O)(=O)c1cccc(NC2=NN3C(=NCC3C#N)C(NC3CC3)=C2)c1. The molecule has 9 heteroatoms. The summed E-state index contributed by atoms with van der Waals surface area (Å²) in [6.45, 7) is 0.385. The zero-order valence-corrected chi connectivity index (χ0v) is 15.0. The monoisotopic (exact) mass is 370 g/mol. The fraction of sp³-hybridized carbons (Fsp3) is 0.353. The average molecular weight is 370 g/mol. The Morgan fingerprint density at radius 3 is 2.85 bits per heavy atom. The number of hydrogen-bond acceptors (Lipinski definition) is 8. The number of fused-ring (bicyclic) bond motifs is 1. The van der Waals surface area contributed by atoms with E-state index in [9.17, 15) is 13.7 Å². The van der Waals surface area contributed by atoms with Gasteiger partial charge in [-0.2, -0.15) is 10.4 Å². The summed E-state index contributed by atoms with van der Waals surface area (Å²) in [5, 5.41) is 22.0. The number of benzene rings is 1. The van der Waals surface area contributed by atoms with E-state index in [-0.39, 0.29) is 4.90 Å². The molecule has 2 N–H and O–H groups in total. The molecule has 0 spiro atoms. The molecule has 0 aromatic heterocycles. The average Bonchev–Trinajstić information content (AvgIpc) is 3.31. The lowest BCUT2D eigenvalue weighted by Gasteiger charge is -2.26. The second kappa shape index (κ2) is 6.14. The highest BCUT2D eigenvalue weighted by Crippen LogP contribution is 2.25. The lowest BCUT2D eigenvalue weighted by atomic mass is 10.2. The van der Waals surface area contributed by atoms with Gasteiger partial charge in [0, 0.05) is 24.1 Å². The van der Waals surface area contributed by atoms with Gasteiger partial charge >= 0.3 is 0 Å². The smallest absolute Gasteiger partial charge is 0.175 e. The van der Waals surface area contributed by atoms with Gasteiger partial charge in [-0.3, -0.25) is 4.99 Å². The van der Waals surface area contributed by atoms with E-state index < -0.39 is 15.9 Å². The number of nitriles is 1. The van der Waals surface area contributed by atoms with Gasteiger partial charge in [0.2, 0.25) is 0 Å². The molecule has 1 aromatic carbocycles. The highest BCUT2D eigenvalue weighted by molar-refractivity contribution is 7.90. The van der Waals surface area contributed by atoms with E-state index in [1.54, 1.807) is 29.3 Å². The van der Waals surface area contributed by atoms with E-state index in [1.165, 1.54) is 6.26 Å². The topological polar surface area (TPSA) is 110 Å². The minimum absolute atomic E-state index is 0.234. The minimum atomic E-state index is -3.29. The van der Waals surface area contributed by atoms with E-state index >= 15 is 0 Å². The molecule has 0 amide bonds. The second-order valence-corrected chi connectivity index (χ2v) is 8.56. The Morgan fingerprint density at radius 1 is 1.35 bits per heavy atom. The van der Waals surface area contributed by atoms with Crippen LogP contribution in [0.1, 0.15) is 12.8 Å². The predicted octanol–water partition coefficient (Wildman–Crippen LogP) is 1.07. The summed E-state index contributed by atoms with van der Waals surface area (Å²) < 4.78 is 23.5. The van der Waals surface area contributed by atoms with Crippen LogP contribution in [0.3, 0.4) is 0 Å². The lowest BCUT2D eigenvalue weighted by molar-refractivity contribution is 0.417. The number of amidine groups is 2. The van der Waals surface area contributed by atoms with Crippen LogP contribution in [0.4, 0.5) is 5.69 Å². The van der Waals surface area contributed by atoms with Gasteiger partial charge < -0.3 is 10.6 Å². The summed E-state index contributed by atoms with van der Waals surface area (Å²) in [5.41, 5.74) is 1.45. The highest BCUT2D eigenvalue weighted by atomic mass is 32.2. The van der Waals surface area contributed by atoms with Crippen LogP contribution in [-0.2, 0) is 9.84 Å². The highest BCUT2D eigenvalue weighted by Gasteiger charge is 2.35. The summed E-state index contributed by atoms with van der Waals surface area (Å²) in [7, 11) is -3.29. The number of nitrogens with one attached hydrogen (secondary N) is 2. The summed E-state index contributed by atoms with van der Waals surface area (Å²) in [4.78, 5) is 4.67. The molecule has 1 aromatic rings. The number of nitrogens with zero attached hydrogens (tertiary/aromatic N) is 4. The van der Waals surface area contributed by atoms with E-state index in [2.05, 4.69) is 26.8 Å². The summed E-state index contributed by atoms with van der Waals surface area (Å²) in [6, 6.07) is 8.77. The fourth-order valence-corrected chi connectivity index (χ4v) is 3.47. The molecule has 1 atom stereocenters. The van der Waals surface area contributed by atoms with E-state index in [0.717, 1.165) is 18.5 Å². The van der Waals surface area contributed by atoms with Gasteiger partial charge in [-0.05, 0) is 31.0 Å². The van der Waals surface area contributed by atoms with Crippen LogP contribution >= 0.6 is 0 Å². The van der Waals surface area contributed by atoms with Crippen LogP contribution in [0, 0.1) is 11.3 Å². The number of anilines is 1. The first-order valence-corrected chi connectivity index (χ1v) is 10.2. The van der Waals surface area contributed by atoms with Crippen LogP contribution in [0.15, 0.2) is 51.0 Å². The largest absolute Gasteiger partial charge is 0.379 e. The molecule has 2 heterocycles. The van der Waals surface area contributed by atoms with Gasteiger partial charge in [-0.1, -0.05) is 6.07 Å². The van der Waals surface area contributed by atoms with Crippen molar-refractivity contribution in [2.24, 2.45) is 10.1 Å². The molecule has 1 fully saturated rings. The molecule has 1 saturated carbocycles. The molecule has 0 bridgehead atoms. The van der Waals surface area contributed by atoms with Crippen molar-refractivity contribution in [1.82, 2.24) is 10.3 Å². The third-order valence-corrected chi connectivity index (χ3v) is 5.39. The number of aliphatic imine (C=N–C) groups is 1. The summed E-state index contributed by atoms with van der Waals surface area (Å²) in [5.74, 6) is 1.21. The molecule has 0 radical (unpaired) electrons. The Bertz CT molecular complexity index is 985. The molecule has 2 aliphatic heterocycles. The van der Waals surface area contributed by atoms with Gasteiger partial charge in [0.15, 0.2) is 27.6 Å². The zero-order valence-electron chi connectivity index (χ0n) is 14.2. The van der Waals surface area contributed by atoms with Crippen LogP contribution in [0.2, 0.25) is 0 Å². The third kappa shape index (κ3) is 3.28. The Labute approximate surface area is 151 Å². The molecular weight excluding hydrogens is 352 g/mol. The van der Waals surface area contributed by atoms with Crippen molar-refractivity contribution in [3.8, 4) is 6.07 Å². The van der Waals surface area contributed by atoms with Gasteiger partial charge in [-0.15, -0.1) is 0 Å². The minimum Gasteiger partial charge on any atom is -0.379 e. The Balaban J connectivity index is 1.64. The van der Waals surface area contributed by atoms with Crippen LogP contribution < -0.4 is 10.6 Å². The number of rotatable bonds is 4. The number of hydrogen-bond donors (Lipinski definition) is 2. The van der Waals surface area contributed by atoms with E-state index in [0.29, 0.717) is 29.9 Å². The quantitative estimate of drug-likeness (QED) is 0.820. The summed E-state index contributed by atoms with van der Waals surface area (Å²) in [6.07, 6.45) is 5.25. The van der Waals surface area contributed by atoms with Crippen molar-refractivity contribution in [2.75, 3.05) is 18.1 Å². The number of hydrazone groups is 1. The van der Waals surface area contributed by atoms with Crippen molar-refractivity contribution in [3.63, 3.8) is 0 Å². The van der Waals surface area contributed by atoms with Crippen LogP contribution in [-0.4, -0.2) is 50.0 Å². The maximum Gasteiger partial charge on any atom is 0.175 e. The van der Waals surface area contributed by atoms with Gasteiger partial charge in [0.25, 0.3) is 0 Å². The maximum absolute atomic E-state index is 11.7. The maximum atomic E-state index is 11.7. The Hall–Kier alpha value is -2.86. The molecule has 26 heavy (non-hydrogen) atoms. The van der Waals surface area contributed by atoms with Crippen molar-refractivity contribution < 1.29 is 8.42 Å². The normalized spacial score (nSPS) is 21.9. The first kappa shape index (κ1) is 16.6. The van der Waals surface area contributed by atoms with Gasteiger partial charge in [-0.25, -0.2) is 13.4 Å². The van der Waals surface area contributed by atoms with E-state index in [1.807, 2.05) is 6.08 Å². The van der Waals surface area contributed by atoms with Crippen molar-refractivity contribution in [1.29, 1.82) is 5.26 Å². The molecule has 4 rings (SSSR count). The molecular formula is C17H18N6O2S. The first-order valence-electron chi connectivity index (χ1n) is 8.32. The zero-order chi connectivity index (χ0) is 18.3. The standard InChI is InChI=1S/C17H18N6O2S/c1-26(24,25)14-4-2-3-12(7-14)21-16-8-15(20-11-5-6-11)17-19-10-13(9-18)23(17)22-16/h2-4,7-8,11,13,20H,5-6,10H2,1H3,(H,21,22). The third-order valence-electron chi connectivity index (χ3n) is 4.28. The Kier molecular flexibility index (Phi) is 3.92. The van der Waals surface area contributed by atoms with Crippen molar-refractivity contribution in [2.45, 2.75) is 29.8 Å². The predicted molar refractivity (Wildman–Crippen MR) is 98.4 cm³/mol. The molecule has 134 valence electrons. The van der Waals surface area contributed by atoms with Gasteiger partial charge in [0.1, 0.15) is 0 Å². The van der Waals surface area contributed by atoms with Crippen LogP contribution in [0.25, 0.3) is 0 Å². The van der Waals surface area contributed by atoms with Gasteiger partial charge in [0.05, 0.1) is 23.2 Å². The number of sulfone groups is 1. The summed E-state index contributed by atoms with van der Waals surface area (Å²) >= 11 is 0. The fourth-order valence-electron chi connectivity index (χ4n) is 2.80. The second-order valence-electron chi connectivity index (χ2n) is 6.54. The molecule has 1 unspecified atom stereocenters. The van der Waals surface area contributed by atoms with Crippen molar-refractivity contribution >= 4 is 27.2 Å². The molecule has 1 aliphatic carbocycles. The van der Waals surface area contributed by atoms with Crippen molar-refractivity contribution in [3.05, 3.63) is 36.0 Å². The van der Waals surface area contributed by atoms with E-state index in [4.69, 9.17) is 0 Å². The molecule has 8 nitrogen and oxygen atoms in total. The Morgan fingerprint density at radius 2 is 2.15 bits per heavy atom. The lowest BCUT2D eigenvalue weighted by Crippen LogP contribution is -2.40.